The van der Waals surface area contributed by atoms with Crippen molar-refractivity contribution in [3.8, 4) is 11.1 Å². The molecule has 0 bridgehead atoms. The van der Waals surface area contributed by atoms with E-state index >= 15 is 0 Å². The topological polar surface area (TPSA) is 115 Å². The number of aromatic nitrogens is 2. The zero-order valence-electron chi connectivity index (χ0n) is 18.1. The summed E-state index contributed by atoms with van der Waals surface area (Å²) >= 11 is 0. The number of aromatic amines is 1. The van der Waals surface area contributed by atoms with Crippen molar-refractivity contribution in [2.24, 2.45) is 0 Å². The van der Waals surface area contributed by atoms with Gasteiger partial charge in [-0.15, -0.1) is 0 Å². The minimum atomic E-state index is -3.76. The summed E-state index contributed by atoms with van der Waals surface area (Å²) in [6.07, 6.45) is 1.51. The number of pyridine rings is 1. The maximum Gasteiger partial charge on any atom is 0.407 e. The van der Waals surface area contributed by atoms with Gasteiger partial charge < -0.3 is 15.0 Å². The van der Waals surface area contributed by atoms with Gasteiger partial charge in [0.15, 0.2) is 0 Å². The van der Waals surface area contributed by atoms with Gasteiger partial charge in [-0.25, -0.2) is 22.9 Å². The van der Waals surface area contributed by atoms with Crippen LogP contribution in [-0.4, -0.2) is 53.1 Å². The number of carboxylic acid groups (broad SMARTS) is 1. The van der Waals surface area contributed by atoms with Crippen LogP contribution in [-0.2, 0) is 16.4 Å². The van der Waals surface area contributed by atoms with Gasteiger partial charge in [0.2, 0.25) is 10.0 Å². The van der Waals surface area contributed by atoms with Gasteiger partial charge in [0.05, 0.1) is 4.90 Å². The molecule has 0 radical (unpaired) electrons. The molecule has 0 spiro atoms. The van der Waals surface area contributed by atoms with E-state index in [0.29, 0.717) is 0 Å². The third kappa shape index (κ3) is 5.05. The second-order valence-electron chi connectivity index (χ2n) is 8.30. The molecule has 0 aliphatic heterocycles. The number of H-pyrrole nitrogens is 1. The number of hydrogen-bond acceptors (Lipinski definition) is 4. The van der Waals surface area contributed by atoms with Gasteiger partial charge in [-0.05, 0) is 62.6 Å². The smallest absolute Gasteiger partial charge is 0.407 e. The number of rotatable bonds is 7. The first kappa shape index (κ1) is 22.8. The van der Waals surface area contributed by atoms with Crippen molar-refractivity contribution in [2.75, 3.05) is 13.1 Å². The molecule has 8 nitrogen and oxygen atoms in total. The van der Waals surface area contributed by atoms with Crippen LogP contribution in [0.15, 0.2) is 47.5 Å². The average molecular weight is 445 g/mol. The summed E-state index contributed by atoms with van der Waals surface area (Å²) in [5.74, 6) is 0. The standard InChI is InChI=1S/C22H28N4O4S/c1-5-16-14-19-18(10-11-23-20(19)25-16)15-6-8-17(9-7-15)31(29,30)24-12-13-26(21(27)28)22(2,3)4/h6-11,14,24H,5,12-13H2,1-4H3,(H,23,25)(H,27,28). The minimum absolute atomic E-state index is 0.0121. The summed E-state index contributed by atoms with van der Waals surface area (Å²) in [5, 5.41) is 10.3. The summed E-state index contributed by atoms with van der Waals surface area (Å²) in [5.41, 5.74) is 3.13. The summed E-state index contributed by atoms with van der Waals surface area (Å²) in [7, 11) is -3.76. The van der Waals surface area contributed by atoms with E-state index in [1.807, 2.05) is 6.07 Å². The Bertz CT molecular complexity index is 1180. The molecule has 0 aliphatic rings. The van der Waals surface area contributed by atoms with Crippen LogP contribution < -0.4 is 4.72 Å². The third-order valence-corrected chi connectivity index (χ3v) is 6.59. The first-order valence-corrected chi connectivity index (χ1v) is 11.6. The van der Waals surface area contributed by atoms with E-state index in [1.54, 1.807) is 51.2 Å². The van der Waals surface area contributed by atoms with E-state index in [9.17, 15) is 18.3 Å². The first-order valence-electron chi connectivity index (χ1n) is 10.1. The Morgan fingerprint density at radius 1 is 1.19 bits per heavy atom. The van der Waals surface area contributed by atoms with Crippen molar-refractivity contribution < 1.29 is 18.3 Å². The molecular formula is C22H28N4O4S. The number of amides is 1. The Balaban J connectivity index is 1.76. The molecule has 0 saturated carbocycles. The highest BCUT2D eigenvalue weighted by Gasteiger charge is 2.26. The molecule has 3 rings (SSSR count). The lowest BCUT2D eigenvalue weighted by Gasteiger charge is -2.33. The predicted octanol–water partition coefficient (Wildman–Crippen LogP) is 3.85. The number of nitrogens with one attached hydrogen (secondary N) is 2. The van der Waals surface area contributed by atoms with E-state index in [0.717, 1.165) is 34.3 Å². The fraction of sp³-hybridized carbons (Fsp3) is 0.364. The molecule has 2 aromatic heterocycles. The lowest BCUT2D eigenvalue weighted by atomic mass is 10.0. The largest absolute Gasteiger partial charge is 0.465 e. The monoisotopic (exact) mass is 444 g/mol. The van der Waals surface area contributed by atoms with Crippen LogP contribution in [0, 0.1) is 0 Å². The quantitative estimate of drug-likeness (QED) is 0.512. The first-order chi connectivity index (χ1) is 14.5. The number of sulfonamides is 1. The van der Waals surface area contributed by atoms with Crippen LogP contribution in [0.2, 0.25) is 0 Å². The molecule has 2 heterocycles. The van der Waals surface area contributed by atoms with E-state index in [2.05, 4.69) is 27.7 Å². The predicted molar refractivity (Wildman–Crippen MR) is 121 cm³/mol. The number of carbonyl (C=O) groups is 1. The van der Waals surface area contributed by atoms with Crippen molar-refractivity contribution in [1.29, 1.82) is 0 Å². The molecule has 9 heteroatoms. The molecule has 0 aliphatic carbocycles. The van der Waals surface area contributed by atoms with Crippen molar-refractivity contribution in [3.63, 3.8) is 0 Å². The Hall–Kier alpha value is -2.91. The fourth-order valence-corrected chi connectivity index (χ4v) is 4.45. The maximum absolute atomic E-state index is 12.6. The number of benzene rings is 1. The Kier molecular flexibility index (Phi) is 6.38. The molecular weight excluding hydrogens is 416 g/mol. The molecule has 1 aromatic carbocycles. The zero-order valence-corrected chi connectivity index (χ0v) is 19.0. The molecule has 166 valence electrons. The summed E-state index contributed by atoms with van der Waals surface area (Å²) in [4.78, 5) is 20.4. The Labute approximate surface area is 182 Å². The second-order valence-corrected chi connectivity index (χ2v) is 10.1. The highest BCUT2D eigenvalue weighted by Crippen LogP contribution is 2.29. The van der Waals surface area contributed by atoms with Crippen molar-refractivity contribution in [3.05, 3.63) is 48.3 Å². The third-order valence-electron chi connectivity index (χ3n) is 5.11. The molecule has 0 fully saturated rings. The molecule has 0 atom stereocenters. The van der Waals surface area contributed by atoms with Gasteiger partial charge in [-0.1, -0.05) is 19.1 Å². The van der Waals surface area contributed by atoms with E-state index in [4.69, 9.17) is 0 Å². The summed E-state index contributed by atoms with van der Waals surface area (Å²) in [6, 6.07) is 10.6. The number of fused-ring (bicyclic) bond motifs is 1. The Morgan fingerprint density at radius 3 is 2.45 bits per heavy atom. The minimum Gasteiger partial charge on any atom is -0.465 e. The number of hydrogen-bond donors (Lipinski definition) is 3. The normalized spacial score (nSPS) is 12.3. The van der Waals surface area contributed by atoms with Gasteiger partial charge in [0, 0.05) is 35.9 Å². The summed E-state index contributed by atoms with van der Waals surface area (Å²) in [6.45, 7) is 7.39. The van der Waals surface area contributed by atoms with Crippen molar-refractivity contribution >= 4 is 27.1 Å². The lowest BCUT2D eigenvalue weighted by Crippen LogP contribution is -2.48. The van der Waals surface area contributed by atoms with Gasteiger partial charge in [-0.3, -0.25) is 0 Å². The second kappa shape index (κ2) is 8.68. The van der Waals surface area contributed by atoms with Gasteiger partial charge >= 0.3 is 6.09 Å². The number of aryl methyl sites for hydroxylation is 1. The zero-order chi connectivity index (χ0) is 22.8. The van der Waals surface area contributed by atoms with E-state index in [1.165, 1.54) is 4.90 Å². The van der Waals surface area contributed by atoms with E-state index < -0.39 is 21.7 Å². The number of nitrogens with zero attached hydrogens (tertiary/aromatic N) is 2. The molecule has 31 heavy (non-hydrogen) atoms. The summed E-state index contributed by atoms with van der Waals surface area (Å²) < 4.78 is 27.8. The van der Waals surface area contributed by atoms with Gasteiger partial charge in [0.25, 0.3) is 0 Å². The maximum atomic E-state index is 12.6. The van der Waals surface area contributed by atoms with Crippen LogP contribution in [0.3, 0.4) is 0 Å². The molecule has 0 unspecified atom stereocenters. The van der Waals surface area contributed by atoms with Gasteiger partial charge in [0.1, 0.15) is 5.65 Å². The molecule has 3 N–H and O–H groups in total. The van der Waals surface area contributed by atoms with Crippen LogP contribution in [0.5, 0.6) is 0 Å². The highest BCUT2D eigenvalue weighted by atomic mass is 32.2. The van der Waals surface area contributed by atoms with E-state index in [-0.39, 0.29) is 18.0 Å². The van der Waals surface area contributed by atoms with Crippen LogP contribution in [0.4, 0.5) is 4.79 Å². The molecule has 0 saturated heterocycles. The van der Waals surface area contributed by atoms with Crippen molar-refractivity contribution in [2.45, 2.75) is 44.6 Å². The lowest BCUT2D eigenvalue weighted by molar-refractivity contribution is 0.102. The fourth-order valence-electron chi connectivity index (χ4n) is 3.43. The van der Waals surface area contributed by atoms with Crippen LogP contribution in [0.25, 0.3) is 22.2 Å². The highest BCUT2D eigenvalue weighted by molar-refractivity contribution is 7.89. The Morgan fingerprint density at radius 2 is 1.87 bits per heavy atom. The van der Waals surface area contributed by atoms with Gasteiger partial charge in [-0.2, -0.15) is 0 Å². The molecule has 1 amide bonds. The van der Waals surface area contributed by atoms with Crippen LogP contribution >= 0.6 is 0 Å². The SMILES string of the molecule is CCc1cc2c(-c3ccc(S(=O)(=O)NCCN(C(=O)O)C(C)(C)C)cc3)ccnc2[nH]1. The van der Waals surface area contributed by atoms with Crippen molar-refractivity contribution in [1.82, 2.24) is 19.6 Å². The average Bonchev–Trinajstić information content (AvgIpc) is 3.13. The van der Waals surface area contributed by atoms with Crippen LogP contribution in [0.1, 0.15) is 33.4 Å². The molecule has 3 aromatic rings.